The zero-order chi connectivity index (χ0) is 19.6. The number of hydrogen-bond acceptors (Lipinski definition) is 5. The quantitative estimate of drug-likeness (QED) is 0.411. The number of halogens is 1. The maximum absolute atomic E-state index is 11.7. The molecule has 0 spiro atoms. The Labute approximate surface area is 160 Å². The van der Waals surface area contributed by atoms with Crippen LogP contribution in [0.15, 0.2) is 53.6 Å². The Morgan fingerprint density at radius 3 is 2.52 bits per heavy atom. The molecule has 0 saturated heterocycles. The van der Waals surface area contributed by atoms with Crippen LogP contribution in [0.4, 0.5) is 5.69 Å². The molecule has 0 aliphatic rings. The van der Waals surface area contributed by atoms with Crippen molar-refractivity contribution in [2.75, 3.05) is 0 Å². The maximum Gasteiger partial charge on any atom is 0.288 e. The van der Waals surface area contributed by atoms with Gasteiger partial charge in [0.05, 0.1) is 11.1 Å². The van der Waals surface area contributed by atoms with Crippen molar-refractivity contribution >= 4 is 35.3 Å². The van der Waals surface area contributed by atoms with Crippen LogP contribution >= 0.6 is 11.6 Å². The Morgan fingerprint density at radius 2 is 1.81 bits per heavy atom. The predicted molar refractivity (Wildman–Crippen MR) is 101 cm³/mol. The molecule has 0 aromatic heterocycles. The summed E-state index contributed by atoms with van der Waals surface area (Å²) < 4.78 is 0. The van der Waals surface area contributed by atoms with Crippen LogP contribution in [-0.4, -0.2) is 23.0 Å². The van der Waals surface area contributed by atoms with E-state index in [0.717, 1.165) is 5.56 Å². The molecule has 2 rings (SSSR count). The molecule has 0 unspecified atom stereocenters. The molecule has 2 aromatic carbocycles. The van der Waals surface area contributed by atoms with Gasteiger partial charge < -0.3 is 5.32 Å². The minimum Gasteiger partial charge on any atom is -0.352 e. The molecule has 0 saturated carbocycles. The highest BCUT2D eigenvalue weighted by Crippen LogP contribution is 2.24. The first-order chi connectivity index (χ1) is 13.0. The van der Waals surface area contributed by atoms with Gasteiger partial charge in [0.25, 0.3) is 5.69 Å². The standard InChI is InChI=1S/C18H17ClN4O4/c19-15-7-6-14(10-16(15)23(26)27)12-21-22-18(25)9-8-17(24)20-11-13-4-2-1-3-5-13/h1-7,10,12H,8-9,11H2,(H,20,24)(H,22,25)/b21-12+. The number of nitro benzene ring substituents is 1. The van der Waals surface area contributed by atoms with Gasteiger partial charge in [0.2, 0.25) is 11.8 Å². The molecule has 9 heteroatoms. The molecular weight excluding hydrogens is 372 g/mol. The highest BCUT2D eigenvalue weighted by molar-refractivity contribution is 6.32. The highest BCUT2D eigenvalue weighted by atomic mass is 35.5. The van der Waals surface area contributed by atoms with Gasteiger partial charge in [-0.1, -0.05) is 48.0 Å². The van der Waals surface area contributed by atoms with Crippen LogP contribution in [0.2, 0.25) is 5.02 Å². The number of hydrazone groups is 1. The smallest absolute Gasteiger partial charge is 0.288 e. The molecule has 0 aliphatic carbocycles. The van der Waals surface area contributed by atoms with E-state index in [-0.39, 0.29) is 29.5 Å². The summed E-state index contributed by atoms with van der Waals surface area (Å²) in [6.45, 7) is 0.398. The van der Waals surface area contributed by atoms with Crippen molar-refractivity contribution in [2.24, 2.45) is 5.10 Å². The number of hydrogen-bond donors (Lipinski definition) is 2. The van der Waals surface area contributed by atoms with E-state index in [4.69, 9.17) is 11.6 Å². The van der Waals surface area contributed by atoms with Crippen molar-refractivity contribution < 1.29 is 14.5 Å². The lowest BCUT2D eigenvalue weighted by atomic mass is 10.2. The second kappa shape index (κ2) is 10.0. The van der Waals surface area contributed by atoms with E-state index >= 15 is 0 Å². The number of nitro groups is 1. The number of benzene rings is 2. The summed E-state index contributed by atoms with van der Waals surface area (Å²) in [6, 6.07) is 13.6. The number of carbonyl (C=O) groups is 2. The topological polar surface area (TPSA) is 114 Å². The summed E-state index contributed by atoms with van der Waals surface area (Å²) in [6.07, 6.45) is 1.26. The monoisotopic (exact) mass is 388 g/mol. The maximum atomic E-state index is 11.7. The Morgan fingerprint density at radius 1 is 1.11 bits per heavy atom. The van der Waals surface area contributed by atoms with Crippen LogP contribution in [0.1, 0.15) is 24.0 Å². The highest BCUT2D eigenvalue weighted by Gasteiger charge is 2.12. The van der Waals surface area contributed by atoms with E-state index < -0.39 is 10.8 Å². The molecule has 8 nitrogen and oxygen atoms in total. The zero-order valence-corrected chi connectivity index (χ0v) is 15.0. The number of amides is 2. The van der Waals surface area contributed by atoms with E-state index in [1.54, 1.807) is 0 Å². The predicted octanol–water partition coefficient (Wildman–Crippen LogP) is 2.79. The third-order valence-electron chi connectivity index (χ3n) is 3.48. The van der Waals surface area contributed by atoms with Gasteiger partial charge in [-0.15, -0.1) is 0 Å². The first kappa shape index (κ1) is 20.1. The van der Waals surface area contributed by atoms with E-state index in [1.165, 1.54) is 24.4 Å². The Kier molecular flexibility index (Phi) is 7.45. The molecule has 2 aromatic rings. The summed E-state index contributed by atoms with van der Waals surface area (Å²) in [5, 5.41) is 17.3. The molecule has 0 heterocycles. The molecular formula is C18H17ClN4O4. The Hall–Kier alpha value is -3.26. The molecule has 0 aliphatic heterocycles. The van der Waals surface area contributed by atoms with Gasteiger partial charge in [0, 0.05) is 31.0 Å². The third kappa shape index (κ3) is 6.87. The van der Waals surface area contributed by atoms with Gasteiger partial charge in [0.1, 0.15) is 5.02 Å². The molecule has 2 amide bonds. The average Bonchev–Trinajstić information content (AvgIpc) is 2.66. The van der Waals surface area contributed by atoms with Crippen molar-refractivity contribution in [3.05, 3.63) is 74.8 Å². The summed E-state index contributed by atoms with van der Waals surface area (Å²) in [5.41, 5.74) is 3.40. The van der Waals surface area contributed by atoms with Crippen LogP contribution < -0.4 is 10.7 Å². The fourth-order valence-corrected chi connectivity index (χ4v) is 2.28. The Balaban J connectivity index is 1.74. The number of carbonyl (C=O) groups excluding carboxylic acids is 2. The largest absolute Gasteiger partial charge is 0.352 e. The Bertz CT molecular complexity index is 856. The third-order valence-corrected chi connectivity index (χ3v) is 3.80. The van der Waals surface area contributed by atoms with Gasteiger partial charge in [-0.05, 0) is 11.6 Å². The van der Waals surface area contributed by atoms with Crippen molar-refractivity contribution in [3.63, 3.8) is 0 Å². The molecule has 2 N–H and O–H groups in total. The fraction of sp³-hybridized carbons (Fsp3) is 0.167. The number of nitrogens with one attached hydrogen (secondary N) is 2. The van der Waals surface area contributed by atoms with Gasteiger partial charge in [-0.3, -0.25) is 19.7 Å². The molecule has 27 heavy (non-hydrogen) atoms. The molecule has 0 radical (unpaired) electrons. The normalized spacial score (nSPS) is 10.6. The van der Waals surface area contributed by atoms with Crippen molar-refractivity contribution in [1.29, 1.82) is 0 Å². The van der Waals surface area contributed by atoms with Crippen LogP contribution in [0, 0.1) is 10.1 Å². The lowest BCUT2D eigenvalue weighted by Crippen LogP contribution is -2.25. The van der Waals surface area contributed by atoms with E-state index in [2.05, 4.69) is 15.8 Å². The number of nitrogens with zero attached hydrogens (tertiary/aromatic N) is 2. The van der Waals surface area contributed by atoms with Gasteiger partial charge in [-0.25, -0.2) is 5.43 Å². The average molecular weight is 389 g/mol. The van der Waals surface area contributed by atoms with Crippen LogP contribution in [0.25, 0.3) is 0 Å². The first-order valence-corrected chi connectivity index (χ1v) is 8.40. The van der Waals surface area contributed by atoms with E-state index in [0.29, 0.717) is 12.1 Å². The van der Waals surface area contributed by atoms with Crippen molar-refractivity contribution in [1.82, 2.24) is 10.7 Å². The second-order valence-corrected chi connectivity index (χ2v) is 5.93. The van der Waals surface area contributed by atoms with Gasteiger partial charge in [-0.2, -0.15) is 5.10 Å². The zero-order valence-electron chi connectivity index (χ0n) is 14.2. The van der Waals surface area contributed by atoms with Crippen LogP contribution in [-0.2, 0) is 16.1 Å². The van der Waals surface area contributed by atoms with Gasteiger partial charge in [0.15, 0.2) is 0 Å². The second-order valence-electron chi connectivity index (χ2n) is 5.52. The SMILES string of the molecule is O=C(CCC(=O)N/N=C/c1ccc(Cl)c([N+](=O)[O-])c1)NCc1ccccc1. The molecule has 0 bridgehead atoms. The van der Waals surface area contributed by atoms with Gasteiger partial charge >= 0.3 is 0 Å². The summed E-state index contributed by atoms with van der Waals surface area (Å²) >= 11 is 5.72. The molecule has 140 valence electrons. The van der Waals surface area contributed by atoms with Crippen molar-refractivity contribution in [3.8, 4) is 0 Å². The minimum atomic E-state index is -0.605. The van der Waals surface area contributed by atoms with E-state index in [1.807, 2.05) is 30.3 Å². The molecule has 0 atom stereocenters. The summed E-state index contributed by atoms with van der Waals surface area (Å²) in [7, 11) is 0. The summed E-state index contributed by atoms with van der Waals surface area (Å²) in [4.78, 5) is 33.7. The molecule has 0 fully saturated rings. The van der Waals surface area contributed by atoms with Crippen molar-refractivity contribution in [2.45, 2.75) is 19.4 Å². The lowest BCUT2D eigenvalue weighted by molar-refractivity contribution is -0.384. The number of rotatable bonds is 8. The van der Waals surface area contributed by atoms with Crippen LogP contribution in [0.5, 0.6) is 0 Å². The lowest BCUT2D eigenvalue weighted by Gasteiger charge is -2.04. The summed E-state index contributed by atoms with van der Waals surface area (Å²) in [5.74, 6) is -0.684. The fourth-order valence-electron chi connectivity index (χ4n) is 2.10. The minimum absolute atomic E-state index is 0.0164. The van der Waals surface area contributed by atoms with Crippen LogP contribution in [0.3, 0.4) is 0 Å². The first-order valence-electron chi connectivity index (χ1n) is 8.02. The van der Waals surface area contributed by atoms with E-state index in [9.17, 15) is 19.7 Å².